The van der Waals surface area contributed by atoms with Crippen molar-refractivity contribution < 1.29 is 13.2 Å². The molecule has 3 aromatic carbocycles. The van der Waals surface area contributed by atoms with Gasteiger partial charge in [0.15, 0.2) is 5.84 Å². The van der Waals surface area contributed by atoms with E-state index in [-0.39, 0.29) is 16.6 Å². The molecule has 2 N–H and O–H groups in total. The minimum atomic E-state index is -3.70. The van der Waals surface area contributed by atoms with E-state index in [1.54, 1.807) is 60.7 Å². The fourth-order valence-corrected chi connectivity index (χ4v) is 4.29. The summed E-state index contributed by atoms with van der Waals surface area (Å²) in [4.78, 5) is 12.6. The van der Waals surface area contributed by atoms with Crippen LogP contribution in [0.2, 0.25) is 10.0 Å². The zero-order valence-corrected chi connectivity index (χ0v) is 17.0. The van der Waals surface area contributed by atoms with Gasteiger partial charge in [0.2, 0.25) is 0 Å². The van der Waals surface area contributed by atoms with Gasteiger partial charge in [0.1, 0.15) is 4.90 Å². The molecule has 1 amide bonds. The standard InChI is InChI=1S/C20H13Cl2N3O3S/c21-16-10-9-14(11-17(16)22)24-20(26)12-5-7-13(8-6-12)23-19-15-3-1-2-4-18(15)29(27,28)25-19/h1-11H,(H,23,25)(H,24,26). The fraction of sp³-hybridized carbons (Fsp3) is 0. The predicted molar refractivity (Wildman–Crippen MR) is 115 cm³/mol. The molecule has 0 atom stereocenters. The molecule has 0 saturated heterocycles. The fourth-order valence-electron chi connectivity index (χ4n) is 2.81. The molecule has 1 aliphatic heterocycles. The van der Waals surface area contributed by atoms with Gasteiger partial charge in [-0.25, -0.2) is 0 Å². The summed E-state index contributed by atoms with van der Waals surface area (Å²) in [7, 11) is -3.70. The van der Waals surface area contributed by atoms with Crippen molar-refractivity contribution in [3.63, 3.8) is 0 Å². The molecule has 0 saturated carbocycles. The SMILES string of the molecule is O=C(Nc1ccc(Cl)c(Cl)c1)c1ccc(NC2=NS(=O)(=O)c3ccccc32)cc1. The van der Waals surface area contributed by atoms with Crippen molar-refractivity contribution >= 4 is 56.3 Å². The highest BCUT2D eigenvalue weighted by molar-refractivity contribution is 7.90. The number of amidine groups is 1. The Labute approximate surface area is 177 Å². The van der Waals surface area contributed by atoms with Crippen molar-refractivity contribution in [1.82, 2.24) is 0 Å². The van der Waals surface area contributed by atoms with Gasteiger partial charge < -0.3 is 10.6 Å². The number of benzene rings is 3. The number of sulfonamides is 1. The van der Waals surface area contributed by atoms with Crippen LogP contribution in [-0.2, 0) is 10.0 Å². The maximum absolute atomic E-state index is 12.4. The Morgan fingerprint density at radius 1 is 0.862 bits per heavy atom. The van der Waals surface area contributed by atoms with E-state index in [9.17, 15) is 13.2 Å². The highest BCUT2D eigenvalue weighted by Gasteiger charge is 2.28. The van der Waals surface area contributed by atoms with Gasteiger partial charge in [-0.15, -0.1) is 4.40 Å². The van der Waals surface area contributed by atoms with E-state index >= 15 is 0 Å². The number of nitrogens with one attached hydrogen (secondary N) is 2. The number of carbonyl (C=O) groups excluding carboxylic acids is 1. The average molecular weight is 446 g/mol. The van der Waals surface area contributed by atoms with E-state index < -0.39 is 10.0 Å². The van der Waals surface area contributed by atoms with Crippen LogP contribution in [0.25, 0.3) is 0 Å². The van der Waals surface area contributed by atoms with E-state index in [0.717, 1.165) is 0 Å². The van der Waals surface area contributed by atoms with Crippen molar-refractivity contribution in [1.29, 1.82) is 0 Å². The first kappa shape index (κ1) is 19.4. The van der Waals surface area contributed by atoms with E-state index in [4.69, 9.17) is 23.2 Å². The van der Waals surface area contributed by atoms with E-state index in [0.29, 0.717) is 32.5 Å². The molecule has 0 spiro atoms. The molecule has 0 unspecified atom stereocenters. The van der Waals surface area contributed by atoms with Gasteiger partial charge in [0, 0.05) is 22.5 Å². The Morgan fingerprint density at radius 2 is 1.55 bits per heavy atom. The predicted octanol–water partition coefficient (Wildman–Crippen LogP) is 4.81. The lowest BCUT2D eigenvalue weighted by molar-refractivity contribution is 0.102. The summed E-state index contributed by atoms with van der Waals surface area (Å²) >= 11 is 11.8. The van der Waals surface area contributed by atoms with Gasteiger partial charge in [0.25, 0.3) is 15.9 Å². The summed E-state index contributed by atoms with van der Waals surface area (Å²) in [6.07, 6.45) is 0. The zero-order valence-electron chi connectivity index (χ0n) is 14.7. The molecule has 6 nitrogen and oxygen atoms in total. The molecule has 0 radical (unpaired) electrons. The van der Waals surface area contributed by atoms with Crippen LogP contribution < -0.4 is 10.6 Å². The van der Waals surface area contributed by atoms with Gasteiger partial charge in [-0.2, -0.15) is 8.42 Å². The summed E-state index contributed by atoms with van der Waals surface area (Å²) in [5.74, 6) is -0.0744. The highest BCUT2D eigenvalue weighted by atomic mass is 35.5. The molecular formula is C20H13Cl2N3O3S. The van der Waals surface area contributed by atoms with Gasteiger partial charge in [-0.1, -0.05) is 35.3 Å². The Hall–Kier alpha value is -2.87. The van der Waals surface area contributed by atoms with Crippen LogP contribution in [-0.4, -0.2) is 20.2 Å². The van der Waals surface area contributed by atoms with Gasteiger partial charge >= 0.3 is 0 Å². The highest BCUT2D eigenvalue weighted by Crippen LogP contribution is 2.27. The summed E-state index contributed by atoms with van der Waals surface area (Å²) in [6.45, 7) is 0. The normalized spacial score (nSPS) is 14.1. The molecule has 0 fully saturated rings. The summed E-state index contributed by atoms with van der Waals surface area (Å²) < 4.78 is 28.0. The number of carbonyl (C=O) groups is 1. The average Bonchev–Trinajstić information content (AvgIpc) is 2.96. The lowest BCUT2D eigenvalue weighted by Gasteiger charge is -2.09. The second kappa shape index (κ2) is 7.51. The first-order valence-corrected chi connectivity index (χ1v) is 10.6. The molecule has 29 heavy (non-hydrogen) atoms. The zero-order chi connectivity index (χ0) is 20.6. The molecule has 1 aliphatic rings. The molecule has 0 aromatic heterocycles. The lowest BCUT2D eigenvalue weighted by atomic mass is 10.1. The van der Waals surface area contributed by atoms with Crippen molar-refractivity contribution in [3.8, 4) is 0 Å². The van der Waals surface area contributed by atoms with Crippen LogP contribution in [0.15, 0.2) is 76.0 Å². The minimum Gasteiger partial charge on any atom is -0.339 e. The molecule has 0 aliphatic carbocycles. The first-order chi connectivity index (χ1) is 13.8. The third-order valence-corrected chi connectivity index (χ3v) is 6.29. The number of hydrogen-bond acceptors (Lipinski definition) is 4. The monoisotopic (exact) mass is 445 g/mol. The number of anilines is 2. The quantitative estimate of drug-likeness (QED) is 0.605. The number of rotatable bonds is 3. The number of fused-ring (bicyclic) bond motifs is 1. The third-order valence-electron chi connectivity index (χ3n) is 4.22. The van der Waals surface area contributed by atoms with E-state index in [1.807, 2.05) is 0 Å². The maximum Gasteiger partial charge on any atom is 0.285 e. The number of hydrogen-bond donors (Lipinski definition) is 2. The molecule has 0 bridgehead atoms. The molecule has 1 heterocycles. The van der Waals surface area contributed by atoms with Crippen molar-refractivity contribution in [2.75, 3.05) is 10.6 Å². The van der Waals surface area contributed by atoms with Gasteiger partial charge in [-0.05, 0) is 54.6 Å². The van der Waals surface area contributed by atoms with Crippen LogP contribution in [0.4, 0.5) is 11.4 Å². The van der Waals surface area contributed by atoms with Crippen LogP contribution in [0.3, 0.4) is 0 Å². The Bertz CT molecular complexity index is 1260. The molecule has 146 valence electrons. The largest absolute Gasteiger partial charge is 0.339 e. The number of amides is 1. The third kappa shape index (κ3) is 3.98. The van der Waals surface area contributed by atoms with Gasteiger partial charge in [-0.3, -0.25) is 4.79 Å². The van der Waals surface area contributed by atoms with Crippen LogP contribution >= 0.6 is 23.2 Å². The summed E-state index contributed by atoms with van der Waals surface area (Å²) in [6, 6.07) is 18.0. The summed E-state index contributed by atoms with van der Waals surface area (Å²) in [5.41, 5.74) is 2.05. The molecule has 4 rings (SSSR count). The smallest absolute Gasteiger partial charge is 0.285 e. The van der Waals surface area contributed by atoms with Crippen molar-refractivity contribution in [3.05, 3.63) is 87.9 Å². The summed E-state index contributed by atoms with van der Waals surface area (Å²) in [5, 5.41) is 6.47. The van der Waals surface area contributed by atoms with Crippen LogP contribution in [0, 0.1) is 0 Å². The molecule has 9 heteroatoms. The topological polar surface area (TPSA) is 87.6 Å². The van der Waals surface area contributed by atoms with Crippen LogP contribution in [0.5, 0.6) is 0 Å². The maximum atomic E-state index is 12.4. The Morgan fingerprint density at radius 3 is 2.28 bits per heavy atom. The second-order valence-corrected chi connectivity index (χ2v) is 8.58. The number of nitrogens with zero attached hydrogens (tertiary/aromatic N) is 1. The van der Waals surface area contributed by atoms with E-state index in [1.165, 1.54) is 6.07 Å². The first-order valence-electron chi connectivity index (χ1n) is 8.41. The molecule has 3 aromatic rings. The minimum absolute atomic E-state index is 0.167. The Kier molecular flexibility index (Phi) is 5.04. The second-order valence-electron chi connectivity index (χ2n) is 6.20. The van der Waals surface area contributed by atoms with Gasteiger partial charge in [0.05, 0.1) is 10.0 Å². The van der Waals surface area contributed by atoms with E-state index in [2.05, 4.69) is 15.0 Å². The number of halogens is 2. The van der Waals surface area contributed by atoms with Crippen molar-refractivity contribution in [2.24, 2.45) is 4.40 Å². The van der Waals surface area contributed by atoms with Crippen molar-refractivity contribution in [2.45, 2.75) is 4.90 Å². The van der Waals surface area contributed by atoms with Crippen LogP contribution in [0.1, 0.15) is 15.9 Å². The Balaban J connectivity index is 1.50. The molecular weight excluding hydrogens is 433 g/mol. The lowest BCUT2D eigenvalue weighted by Crippen LogP contribution is -2.13.